The second kappa shape index (κ2) is 7.91. The van der Waals surface area contributed by atoms with E-state index in [1.807, 2.05) is 12.1 Å². The standard InChI is InChI=1S/C16H19FN2O2S/c1-2-11-7-8-12(22-11)9-18-16(21)19-10-15(20)13-5-3-4-6-14(13)17/h3-8,15,20H,2,9-10H2,1H3,(H2,18,19,21). The molecule has 4 nitrogen and oxygen atoms in total. The molecule has 0 bridgehead atoms. The third-order valence-corrected chi connectivity index (χ3v) is 4.44. The maximum Gasteiger partial charge on any atom is 0.315 e. The van der Waals surface area contributed by atoms with Gasteiger partial charge in [0.15, 0.2) is 0 Å². The summed E-state index contributed by atoms with van der Waals surface area (Å²) in [6.07, 6.45) is -0.0912. The van der Waals surface area contributed by atoms with Crippen LogP contribution < -0.4 is 10.6 Å². The van der Waals surface area contributed by atoms with Crippen LogP contribution in [0.3, 0.4) is 0 Å². The number of urea groups is 1. The van der Waals surface area contributed by atoms with Crippen LogP contribution in [-0.4, -0.2) is 17.7 Å². The molecule has 118 valence electrons. The van der Waals surface area contributed by atoms with Crippen LogP contribution in [-0.2, 0) is 13.0 Å². The molecule has 1 aromatic heterocycles. The maximum atomic E-state index is 13.5. The Morgan fingerprint density at radius 1 is 1.23 bits per heavy atom. The topological polar surface area (TPSA) is 61.4 Å². The smallest absolute Gasteiger partial charge is 0.315 e. The highest BCUT2D eigenvalue weighted by Crippen LogP contribution is 2.17. The number of carbonyl (C=O) groups excluding carboxylic acids is 1. The molecule has 2 rings (SSSR count). The number of aliphatic hydroxyl groups excluding tert-OH is 1. The Kier molecular flexibility index (Phi) is 5.91. The van der Waals surface area contributed by atoms with Gasteiger partial charge in [0.05, 0.1) is 12.6 Å². The Morgan fingerprint density at radius 2 is 1.95 bits per heavy atom. The summed E-state index contributed by atoms with van der Waals surface area (Å²) >= 11 is 1.66. The van der Waals surface area contributed by atoms with Crippen molar-refractivity contribution >= 4 is 17.4 Å². The number of hydrogen-bond donors (Lipinski definition) is 3. The average molecular weight is 322 g/mol. The van der Waals surface area contributed by atoms with Crippen molar-refractivity contribution in [2.24, 2.45) is 0 Å². The first-order valence-corrected chi connectivity index (χ1v) is 7.93. The molecular formula is C16H19FN2O2S. The summed E-state index contributed by atoms with van der Waals surface area (Å²) in [6, 6.07) is 9.61. The van der Waals surface area contributed by atoms with E-state index in [0.717, 1.165) is 11.3 Å². The van der Waals surface area contributed by atoms with Crippen molar-refractivity contribution in [1.82, 2.24) is 10.6 Å². The molecule has 0 saturated heterocycles. The summed E-state index contributed by atoms with van der Waals surface area (Å²) in [5.41, 5.74) is 0.175. The quantitative estimate of drug-likeness (QED) is 0.766. The summed E-state index contributed by atoms with van der Waals surface area (Å²) in [6.45, 7) is 2.48. The van der Waals surface area contributed by atoms with Crippen molar-refractivity contribution < 1.29 is 14.3 Å². The SMILES string of the molecule is CCc1ccc(CNC(=O)NCC(O)c2ccccc2F)s1. The van der Waals surface area contributed by atoms with E-state index in [1.165, 1.54) is 17.0 Å². The second-order valence-electron chi connectivity index (χ2n) is 4.82. The van der Waals surface area contributed by atoms with E-state index < -0.39 is 11.9 Å². The number of rotatable bonds is 6. The molecule has 1 heterocycles. The lowest BCUT2D eigenvalue weighted by molar-refractivity contribution is 0.169. The van der Waals surface area contributed by atoms with Crippen molar-refractivity contribution in [2.45, 2.75) is 26.0 Å². The van der Waals surface area contributed by atoms with Gasteiger partial charge in [-0.15, -0.1) is 11.3 Å². The predicted octanol–water partition coefficient (Wildman–Crippen LogP) is 2.98. The molecule has 6 heteroatoms. The number of hydrogen-bond acceptors (Lipinski definition) is 3. The Hall–Kier alpha value is -1.92. The molecular weight excluding hydrogens is 303 g/mol. The molecule has 1 aromatic carbocycles. The van der Waals surface area contributed by atoms with E-state index in [9.17, 15) is 14.3 Å². The molecule has 1 atom stereocenters. The van der Waals surface area contributed by atoms with Crippen molar-refractivity contribution in [3.63, 3.8) is 0 Å². The van der Waals surface area contributed by atoms with Gasteiger partial charge < -0.3 is 15.7 Å². The third-order valence-electron chi connectivity index (χ3n) is 3.21. The van der Waals surface area contributed by atoms with Gasteiger partial charge in [0, 0.05) is 21.9 Å². The number of thiophene rings is 1. The van der Waals surface area contributed by atoms with Crippen LogP contribution >= 0.6 is 11.3 Å². The number of amides is 2. The highest BCUT2D eigenvalue weighted by Gasteiger charge is 2.13. The van der Waals surface area contributed by atoms with Crippen LogP contribution in [0.25, 0.3) is 0 Å². The van der Waals surface area contributed by atoms with Crippen molar-refractivity contribution in [2.75, 3.05) is 6.54 Å². The lowest BCUT2D eigenvalue weighted by Gasteiger charge is -2.13. The molecule has 0 fully saturated rings. The second-order valence-corrected chi connectivity index (χ2v) is 6.08. The molecule has 2 aromatic rings. The fourth-order valence-electron chi connectivity index (χ4n) is 1.98. The molecule has 3 N–H and O–H groups in total. The Bertz CT molecular complexity index is 630. The zero-order valence-electron chi connectivity index (χ0n) is 12.3. The van der Waals surface area contributed by atoms with Crippen LogP contribution in [0.1, 0.15) is 28.3 Å². The van der Waals surface area contributed by atoms with Gasteiger partial charge in [-0.25, -0.2) is 9.18 Å². The largest absolute Gasteiger partial charge is 0.386 e. The van der Waals surface area contributed by atoms with Crippen LogP contribution in [0.2, 0.25) is 0 Å². The monoisotopic (exact) mass is 322 g/mol. The number of aliphatic hydroxyl groups is 1. The van der Waals surface area contributed by atoms with Gasteiger partial charge in [-0.05, 0) is 24.6 Å². The number of halogens is 1. The molecule has 0 radical (unpaired) electrons. The first-order valence-electron chi connectivity index (χ1n) is 7.12. The highest BCUT2D eigenvalue weighted by molar-refractivity contribution is 7.11. The zero-order valence-corrected chi connectivity index (χ0v) is 13.1. The molecule has 22 heavy (non-hydrogen) atoms. The van der Waals surface area contributed by atoms with Gasteiger partial charge in [0.2, 0.25) is 0 Å². The fraction of sp³-hybridized carbons (Fsp3) is 0.312. The zero-order chi connectivity index (χ0) is 15.9. The Morgan fingerprint density at radius 3 is 2.64 bits per heavy atom. The highest BCUT2D eigenvalue weighted by atomic mass is 32.1. The van der Waals surface area contributed by atoms with Gasteiger partial charge in [0.25, 0.3) is 0 Å². The average Bonchev–Trinajstić information content (AvgIpc) is 2.99. The van der Waals surface area contributed by atoms with Crippen LogP contribution in [0.15, 0.2) is 36.4 Å². The van der Waals surface area contributed by atoms with E-state index in [2.05, 4.69) is 17.6 Å². The van der Waals surface area contributed by atoms with Crippen molar-refractivity contribution in [3.05, 3.63) is 57.5 Å². The van der Waals surface area contributed by atoms with Gasteiger partial charge >= 0.3 is 6.03 Å². The summed E-state index contributed by atoms with van der Waals surface area (Å²) < 4.78 is 13.5. The van der Waals surface area contributed by atoms with E-state index in [0.29, 0.717) is 6.54 Å². The molecule has 0 aliphatic carbocycles. The third kappa shape index (κ3) is 4.54. The van der Waals surface area contributed by atoms with Gasteiger partial charge in [-0.1, -0.05) is 25.1 Å². The van der Waals surface area contributed by atoms with E-state index in [-0.39, 0.29) is 18.1 Å². The van der Waals surface area contributed by atoms with E-state index >= 15 is 0 Å². The van der Waals surface area contributed by atoms with Crippen LogP contribution in [0.5, 0.6) is 0 Å². The molecule has 0 aliphatic rings. The number of aryl methyl sites for hydroxylation is 1. The Balaban J connectivity index is 1.76. The van der Waals surface area contributed by atoms with Crippen molar-refractivity contribution in [1.29, 1.82) is 0 Å². The lowest BCUT2D eigenvalue weighted by atomic mass is 10.1. The summed E-state index contributed by atoms with van der Waals surface area (Å²) in [5, 5.41) is 15.1. The van der Waals surface area contributed by atoms with Crippen LogP contribution in [0, 0.1) is 5.82 Å². The van der Waals surface area contributed by atoms with E-state index in [4.69, 9.17) is 0 Å². The van der Waals surface area contributed by atoms with Crippen molar-refractivity contribution in [3.8, 4) is 0 Å². The fourth-order valence-corrected chi connectivity index (χ4v) is 2.88. The number of benzene rings is 1. The summed E-state index contributed by atoms with van der Waals surface area (Å²) in [7, 11) is 0. The first kappa shape index (κ1) is 16.5. The number of carbonyl (C=O) groups is 1. The summed E-state index contributed by atoms with van der Waals surface area (Å²) in [5.74, 6) is -0.483. The predicted molar refractivity (Wildman–Crippen MR) is 85.3 cm³/mol. The maximum absolute atomic E-state index is 13.5. The van der Waals surface area contributed by atoms with Crippen LogP contribution in [0.4, 0.5) is 9.18 Å². The number of nitrogens with one attached hydrogen (secondary N) is 2. The molecule has 2 amide bonds. The normalized spacial score (nSPS) is 12.0. The van der Waals surface area contributed by atoms with Gasteiger partial charge in [0.1, 0.15) is 5.82 Å². The molecule has 0 spiro atoms. The minimum Gasteiger partial charge on any atom is -0.386 e. The van der Waals surface area contributed by atoms with Gasteiger partial charge in [-0.3, -0.25) is 0 Å². The minimum atomic E-state index is -1.07. The van der Waals surface area contributed by atoms with Gasteiger partial charge in [-0.2, -0.15) is 0 Å². The first-order chi connectivity index (χ1) is 10.6. The lowest BCUT2D eigenvalue weighted by Crippen LogP contribution is -2.37. The minimum absolute atomic E-state index is 0.0442. The molecule has 0 saturated carbocycles. The van der Waals surface area contributed by atoms with E-state index in [1.54, 1.807) is 23.5 Å². The Labute approximate surface area is 133 Å². The molecule has 0 aliphatic heterocycles. The molecule has 1 unspecified atom stereocenters. The summed E-state index contributed by atoms with van der Waals surface area (Å²) in [4.78, 5) is 14.0.